The van der Waals surface area contributed by atoms with Gasteiger partial charge in [-0.3, -0.25) is 9.59 Å². The van der Waals surface area contributed by atoms with Gasteiger partial charge in [0.25, 0.3) is 11.8 Å². The topological polar surface area (TPSA) is 40.6 Å². The number of hydrogen-bond donors (Lipinski definition) is 0. The summed E-state index contributed by atoms with van der Waals surface area (Å²) < 4.78 is 0. The van der Waals surface area contributed by atoms with Gasteiger partial charge in [-0.05, 0) is 31.0 Å². The Balaban J connectivity index is 1.92. The average Bonchev–Trinajstić information content (AvgIpc) is 2.76. The molecule has 4 nitrogen and oxygen atoms in total. The summed E-state index contributed by atoms with van der Waals surface area (Å²) >= 11 is 18.2. The van der Waals surface area contributed by atoms with E-state index in [-0.39, 0.29) is 16.8 Å². The number of carbonyl (C=O) groups is 2. The molecule has 1 aromatic rings. The first-order valence-electron chi connectivity index (χ1n) is 7.87. The van der Waals surface area contributed by atoms with Crippen molar-refractivity contribution in [3.8, 4) is 0 Å². The Labute approximate surface area is 155 Å². The Morgan fingerprint density at radius 3 is 2.12 bits per heavy atom. The lowest BCUT2D eigenvalue weighted by molar-refractivity contribution is -0.121. The van der Waals surface area contributed by atoms with Gasteiger partial charge in [-0.2, -0.15) is 0 Å². The zero-order chi connectivity index (χ0) is 17.4. The van der Waals surface area contributed by atoms with Crippen LogP contribution in [0.15, 0.2) is 28.9 Å². The molecule has 1 aliphatic carbocycles. The number of hydrogen-bond acceptors (Lipinski definition) is 3. The minimum atomic E-state index is -0.544. The van der Waals surface area contributed by atoms with Gasteiger partial charge in [0, 0.05) is 23.1 Å². The first kappa shape index (κ1) is 17.6. The highest BCUT2D eigenvalue weighted by Crippen LogP contribution is 2.35. The molecule has 2 aliphatic rings. The number of nitrogens with zero attached hydrogens (tertiary/aromatic N) is 2. The first-order chi connectivity index (χ1) is 11.4. The third-order valence-corrected chi connectivity index (χ3v) is 5.36. The number of imide groups is 1. The number of amides is 2. The van der Waals surface area contributed by atoms with Crippen molar-refractivity contribution in [3.05, 3.63) is 39.0 Å². The second-order valence-electron chi connectivity index (χ2n) is 6.14. The van der Waals surface area contributed by atoms with Crippen LogP contribution in [-0.2, 0) is 9.59 Å². The maximum Gasteiger partial charge on any atom is 0.283 e. The van der Waals surface area contributed by atoms with Crippen LogP contribution in [0.5, 0.6) is 0 Å². The van der Waals surface area contributed by atoms with Crippen molar-refractivity contribution in [2.24, 2.45) is 0 Å². The molecular formula is C17H17Cl3N2O2. The highest BCUT2D eigenvalue weighted by molar-refractivity contribution is 6.52. The van der Waals surface area contributed by atoms with Crippen LogP contribution in [0.25, 0.3) is 0 Å². The van der Waals surface area contributed by atoms with Gasteiger partial charge in [0.2, 0.25) is 0 Å². The molecule has 3 rings (SSSR count). The third-order valence-electron chi connectivity index (χ3n) is 4.59. The molecule has 24 heavy (non-hydrogen) atoms. The lowest BCUT2D eigenvalue weighted by atomic mass is 9.94. The molecule has 0 spiro atoms. The summed E-state index contributed by atoms with van der Waals surface area (Å²) in [5.41, 5.74) is 0.581. The SMILES string of the molecule is CN(C1=C(Cl)C(=O)N(c2cc(Cl)cc(Cl)c2)C1=O)C1CCCCC1. The second-order valence-corrected chi connectivity index (χ2v) is 7.39. The third kappa shape index (κ3) is 3.15. The molecule has 0 bridgehead atoms. The molecule has 0 aromatic heterocycles. The van der Waals surface area contributed by atoms with Gasteiger partial charge in [0.15, 0.2) is 0 Å². The summed E-state index contributed by atoms with van der Waals surface area (Å²) in [6, 6.07) is 4.82. The van der Waals surface area contributed by atoms with E-state index in [0.29, 0.717) is 15.7 Å². The second kappa shape index (κ2) is 6.95. The Morgan fingerprint density at radius 1 is 0.958 bits per heavy atom. The summed E-state index contributed by atoms with van der Waals surface area (Å²) in [6.07, 6.45) is 5.44. The highest BCUT2D eigenvalue weighted by Gasteiger charge is 2.42. The molecule has 0 saturated heterocycles. The van der Waals surface area contributed by atoms with Crippen molar-refractivity contribution < 1.29 is 9.59 Å². The molecule has 0 atom stereocenters. The Hall–Kier alpha value is -1.23. The lowest BCUT2D eigenvalue weighted by Crippen LogP contribution is -2.38. The van der Waals surface area contributed by atoms with E-state index >= 15 is 0 Å². The van der Waals surface area contributed by atoms with Crippen LogP contribution in [0, 0.1) is 0 Å². The van der Waals surface area contributed by atoms with Crippen molar-refractivity contribution >= 4 is 52.3 Å². The van der Waals surface area contributed by atoms with E-state index in [1.54, 1.807) is 6.07 Å². The van der Waals surface area contributed by atoms with Crippen LogP contribution in [0.1, 0.15) is 32.1 Å². The van der Waals surface area contributed by atoms with E-state index in [0.717, 1.165) is 30.6 Å². The predicted octanol–water partition coefficient (Wildman–Crippen LogP) is 4.58. The van der Waals surface area contributed by atoms with Crippen molar-refractivity contribution in [2.45, 2.75) is 38.1 Å². The van der Waals surface area contributed by atoms with Crippen molar-refractivity contribution in [2.75, 3.05) is 11.9 Å². The maximum absolute atomic E-state index is 12.9. The van der Waals surface area contributed by atoms with Crippen LogP contribution in [0.4, 0.5) is 5.69 Å². The van der Waals surface area contributed by atoms with E-state index in [2.05, 4.69) is 0 Å². The number of rotatable bonds is 3. The summed E-state index contributed by atoms with van der Waals surface area (Å²) in [6.45, 7) is 0. The van der Waals surface area contributed by atoms with Gasteiger partial charge in [-0.1, -0.05) is 54.1 Å². The van der Waals surface area contributed by atoms with E-state index in [1.807, 2.05) is 11.9 Å². The van der Waals surface area contributed by atoms with Crippen molar-refractivity contribution in [3.63, 3.8) is 0 Å². The largest absolute Gasteiger partial charge is 0.366 e. The molecule has 0 N–H and O–H groups in total. The maximum atomic E-state index is 12.9. The van der Waals surface area contributed by atoms with Gasteiger partial charge in [-0.15, -0.1) is 0 Å². The molecule has 128 valence electrons. The lowest BCUT2D eigenvalue weighted by Gasteiger charge is -2.33. The summed E-state index contributed by atoms with van der Waals surface area (Å²) in [5, 5.41) is 0.649. The van der Waals surface area contributed by atoms with Gasteiger partial charge in [0.1, 0.15) is 10.7 Å². The fourth-order valence-corrected chi connectivity index (χ4v) is 4.16. The van der Waals surface area contributed by atoms with Crippen LogP contribution >= 0.6 is 34.8 Å². The highest BCUT2D eigenvalue weighted by atomic mass is 35.5. The molecule has 1 heterocycles. The van der Waals surface area contributed by atoms with Crippen molar-refractivity contribution in [1.82, 2.24) is 4.90 Å². The van der Waals surface area contributed by atoms with Crippen molar-refractivity contribution in [1.29, 1.82) is 0 Å². The number of carbonyl (C=O) groups excluding carboxylic acids is 2. The van der Waals surface area contributed by atoms with Crippen LogP contribution < -0.4 is 4.90 Å². The van der Waals surface area contributed by atoms with Gasteiger partial charge in [0.05, 0.1) is 5.69 Å². The average molecular weight is 388 g/mol. The smallest absolute Gasteiger partial charge is 0.283 e. The van der Waals surface area contributed by atoms with Gasteiger partial charge < -0.3 is 4.90 Å². The normalized spacial score (nSPS) is 19.4. The van der Waals surface area contributed by atoms with Gasteiger partial charge in [-0.25, -0.2) is 4.90 Å². The summed E-state index contributed by atoms with van der Waals surface area (Å²) in [4.78, 5) is 28.3. The Morgan fingerprint density at radius 2 is 1.54 bits per heavy atom. The predicted molar refractivity (Wildman–Crippen MR) is 96.5 cm³/mol. The molecule has 1 aromatic carbocycles. The van der Waals surface area contributed by atoms with Crippen LogP contribution in [0.2, 0.25) is 10.0 Å². The molecule has 0 radical (unpaired) electrons. The minimum Gasteiger partial charge on any atom is -0.366 e. The zero-order valence-corrected chi connectivity index (χ0v) is 15.5. The van der Waals surface area contributed by atoms with Crippen LogP contribution in [0.3, 0.4) is 0 Å². The zero-order valence-electron chi connectivity index (χ0n) is 13.2. The number of halogens is 3. The molecule has 0 unspecified atom stereocenters. The fourth-order valence-electron chi connectivity index (χ4n) is 3.35. The fraction of sp³-hybridized carbons (Fsp3) is 0.412. The van der Waals surface area contributed by atoms with E-state index in [9.17, 15) is 9.59 Å². The number of benzene rings is 1. The van der Waals surface area contributed by atoms with E-state index < -0.39 is 11.8 Å². The molecule has 1 saturated carbocycles. The van der Waals surface area contributed by atoms with Gasteiger partial charge >= 0.3 is 0 Å². The summed E-state index contributed by atoms with van der Waals surface area (Å²) in [5.74, 6) is -0.978. The molecule has 2 amide bonds. The Bertz CT molecular complexity index is 706. The number of likely N-dealkylation sites (N-methyl/N-ethyl adjacent to an activating group) is 1. The standard InChI is InChI=1S/C17H17Cl3N2O2/c1-21(12-5-3-2-4-6-12)15-14(20)16(23)22(17(15)24)13-8-10(18)7-11(19)9-13/h7-9,12H,2-6H2,1H3. The Kier molecular flexibility index (Phi) is 5.09. The molecule has 1 fully saturated rings. The quantitative estimate of drug-likeness (QED) is 0.713. The molecule has 1 aliphatic heterocycles. The minimum absolute atomic E-state index is 0.0517. The monoisotopic (exact) mass is 386 g/mol. The van der Waals surface area contributed by atoms with E-state index in [1.165, 1.54) is 18.6 Å². The van der Waals surface area contributed by atoms with E-state index in [4.69, 9.17) is 34.8 Å². The molecular weight excluding hydrogens is 371 g/mol. The first-order valence-corrected chi connectivity index (χ1v) is 9.01. The van der Waals surface area contributed by atoms with Crippen LogP contribution in [-0.4, -0.2) is 29.8 Å². The summed E-state index contributed by atoms with van der Waals surface area (Å²) in [7, 11) is 1.83. The number of anilines is 1. The molecule has 7 heteroatoms.